The van der Waals surface area contributed by atoms with Gasteiger partial charge in [0.2, 0.25) is 11.6 Å². The van der Waals surface area contributed by atoms with Crippen LogP contribution in [-0.4, -0.2) is 80.9 Å². The quantitative estimate of drug-likeness (QED) is 0.176. The minimum Gasteiger partial charge on any atom is -0.468 e. The molecule has 2 aliphatic rings. The number of alkyl halides is 2. The molecule has 1 saturated heterocycles. The van der Waals surface area contributed by atoms with Crippen LogP contribution in [0.2, 0.25) is 0 Å². The van der Waals surface area contributed by atoms with Crippen LogP contribution in [0.3, 0.4) is 0 Å². The van der Waals surface area contributed by atoms with Gasteiger partial charge in [0.1, 0.15) is 30.7 Å². The molecule has 1 aromatic carbocycles. The summed E-state index contributed by atoms with van der Waals surface area (Å²) >= 11 is 0. The number of anilines is 2. The van der Waals surface area contributed by atoms with Gasteiger partial charge in [0.25, 0.3) is 0 Å². The van der Waals surface area contributed by atoms with Crippen molar-refractivity contribution in [2.75, 3.05) is 31.4 Å². The molecule has 14 nitrogen and oxygen atoms in total. The lowest BCUT2D eigenvalue weighted by Crippen LogP contribution is -2.45. The summed E-state index contributed by atoms with van der Waals surface area (Å²) in [5.74, 6) is -0.420. The second-order valence-corrected chi connectivity index (χ2v) is 11.5. The first-order valence-electron chi connectivity index (χ1n) is 12.8. The van der Waals surface area contributed by atoms with Gasteiger partial charge in [-0.3, -0.25) is 13.9 Å². The number of rotatable bonds is 12. The number of methoxy groups -OCH3 is 1. The summed E-state index contributed by atoms with van der Waals surface area (Å²) in [4.78, 5) is 24.5. The monoisotopic (exact) mass is 597 g/mol. The number of carbonyl (C=O) groups excluding carboxylic acids is 1. The Kier molecular flexibility index (Phi) is 8.12. The number of carbonyl (C=O) groups is 1. The van der Waals surface area contributed by atoms with Crippen molar-refractivity contribution in [2.24, 2.45) is 0 Å². The standard InChI is InChI=1S/C24H30F2N7O7P/c1-13(21(35)37-2)32-41(36,40-15-6-4-3-5-7-15)38-10-16-18(34)24(26,11-25)22(39-16)33-12-28-17-19(29-14-8-9-14)30-23(27)31-20(17)33/h3-7,12-14,16,18,22,34H,8-11H2,1-2H3,(H,32,36)(H3,27,29,30,31)/t13-,16-,18-,22-,24-,41+/m1/s1. The van der Waals surface area contributed by atoms with Crippen molar-refractivity contribution in [3.63, 3.8) is 0 Å². The molecule has 1 aliphatic carbocycles. The molecule has 41 heavy (non-hydrogen) atoms. The number of halogens is 2. The fourth-order valence-electron chi connectivity index (χ4n) is 4.36. The molecule has 17 heteroatoms. The summed E-state index contributed by atoms with van der Waals surface area (Å²) in [6.07, 6.45) is -2.28. The number of esters is 1. The molecule has 222 valence electrons. The van der Waals surface area contributed by atoms with E-state index >= 15 is 4.39 Å². The molecule has 2 aromatic heterocycles. The number of nitrogen functional groups attached to an aromatic ring is 1. The SMILES string of the molecule is COC(=O)[C@@H](C)N[P@](=O)(OC[C@H]1O[C@@H](n2cnc3c(NC4CC4)nc(N)nc32)[C@@](F)(CF)[C@@H]1O)Oc1ccccc1. The average molecular weight is 598 g/mol. The summed E-state index contributed by atoms with van der Waals surface area (Å²) in [6, 6.07) is 6.99. The van der Waals surface area contributed by atoms with E-state index in [-0.39, 0.29) is 28.9 Å². The highest BCUT2D eigenvalue weighted by Crippen LogP contribution is 2.48. The Morgan fingerprint density at radius 1 is 1.34 bits per heavy atom. The van der Waals surface area contributed by atoms with Crippen molar-refractivity contribution in [3.05, 3.63) is 36.7 Å². The zero-order valence-electron chi connectivity index (χ0n) is 22.1. The highest BCUT2D eigenvalue weighted by Gasteiger charge is 2.59. The molecule has 2 fully saturated rings. The predicted octanol–water partition coefficient (Wildman–Crippen LogP) is 2.27. The molecule has 0 bridgehead atoms. The highest BCUT2D eigenvalue weighted by atomic mass is 31.2. The first-order valence-corrected chi connectivity index (χ1v) is 14.3. The summed E-state index contributed by atoms with van der Waals surface area (Å²) < 4.78 is 66.5. The van der Waals surface area contributed by atoms with Crippen LogP contribution in [0, 0.1) is 0 Å². The Morgan fingerprint density at radius 3 is 2.73 bits per heavy atom. The maximum absolute atomic E-state index is 16.1. The smallest absolute Gasteiger partial charge is 0.459 e. The van der Waals surface area contributed by atoms with Crippen molar-refractivity contribution in [2.45, 2.75) is 56.0 Å². The van der Waals surface area contributed by atoms with Crippen molar-refractivity contribution in [1.82, 2.24) is 24.6 Å². The average Bonchev–Trinajstić information content (AvgIpc) is 3.62. The van der Waals surface area contributed by atoms with E-state index in [0.29, 0.717) is 5.82 Å². The molecule has 1 aliphatic heterocycles. The molecule has 5 N–H and O–H groups in total. The number of para-hydroxylation sites is 1. The Morgan fingerprint density at radius 2 is 2.07 bits per heavy atom. The number of aliphatic hydroxyl groups is 1. The van der Waals surface area contributed by atoms with Gasteiger partial charge in [0, 0.05) is 6.04 Å². The van der Waals surface area contributed by atoms with Gasteiger partial charge in [-0.1, -0.05) is 18.2 Å². The zero-order chi connectivity index (χ0) is 29.4. The Labute approximate surface area is 233 Å². The van der Waals surface area contributed by atoms with Crippen LogP contribution in [0.4, 0.5) is 20.5 Å². The molecule has 0 spiro atoms. The number of aliphatic hydroxyl groups excluding tert-OH is 1. The van der Waals surface area contributed by atoms with E-state index in [9.17, 15) is 18.9 Å². The van der Waals surface area contributed by atoms with E-state index in [4.69, 9.17) is 19.5 Å². The summed E-state index contributed by atoms with van der Waals surface area (Å²) in [6.45, 7) is -0.988. The number of hydrogen-bond donors (Lipinski definition) is 4. The van der Waals surface area contributed by atoms with Crippen molar-refractivity contribution in [1.29, 1.82) is 0 Å². The number of nitrogens with two attached hydrogens (primary N) is 1. The van der Waals surface area contributed by atoms with Gasteiger partial charge in [-0.15, -0.1) is 0 Å². The molecule has 3 aromatic rings. The molecule has 1 saturated carbocycles. The van der Waals surface area contributed by atoms with Gasteiger partial charge in [-0.2, -0.15) is 15.1 Å². The van der Waals surface area contributed by atoms with Crippen LogP contribution in [0.25, 0.3) is 11.2 Å². The highest BCUT2D eigenvalue weighted by molar-refractivity contribution is 7.52. The molecule has 0 amide bonds. The van der Waals surface area contributed by atoms with Crippen LogP contribution in [0.5, 0.6) is 5.75 Å². The summed E-state index contributed by atoms with van der Waals surface area (Å²) in [7, 11) is -3.21. The molecule has 3 heterocycles. The van der Waals surface area contributed by atoms with E-state index in [1.165, 1.54) is 25.4 Å². The van der Waals surface area contributed by atoms with Gasteiger partial charge < -0.3 is 30.2 Å². The molecule has 0 unspecified atom stereocenters. The van der Waals surface area contributed by atoms with E-state index in [1.807, 2.05) is 0 Å². The first-order chi connectivity index (χ1) is 19.6. The van der Waals surface area contributed by atoms with Gasteiger partial charge in [0.05, 0.1) is 20.0 Å². The fraction of sp³-hybridized carbons (Fsp3) is 0.500. The molecule has 6 atom stereocenters. The Hall–Kier alpha value is -3.43. The molecular formula is C24H30F2N7O7P. The number of benzene rings is 1. The second kappa shape index (κ2) is 11.4. The number of nitrogens with one attached hydrogen (secondary N) is 2. The maximum atomic E-state index is 16.1. The normalized spacial score (nSPS) is 26.4. The number of fused-ring (bicyclic) bond motifs is 1. The lowest BCUT2D eigenvalue weighted by Gasteiger charge is -2.26. The maximum Gasteiger partial charge on any atom is 0.459 e. The van der Waals surface area contributed by atoms with E-state index in [2.05, 4.69) is 30.1 Å². The number of nitrogens with zero attached hydrogens (tertiary/aromatic N) is 4. The lowest BCUT2D eigenvalue weighted by molar-refractivity contribution is -0.142. The third kappa shape index (κ3) is 5.97. The third-order valence-electron chi connectivity index (χ3n) is 6.66. The zero-order valence-corrected chi connectivity index (χ0v) is 23.0. The third-order valence-corrected chi connectivity index (χ3v) is 8.30. The van der Waals surface area contributed by atoms with Crippen molar-refractivity contribution < 1.29 is 41.8 Å². The first kappa shape index (κ1) is 29.1. The van der Waals surface area contributed by atoms with Crippen molar-refractivity contribution in [3.8, 4) is 5.75 Å². The molecule has 5 rings (SSSR count). The Balaban J connectivity index is 1.39. The van der Waals surface area contributed by atoms with Gasteiger partial charge in [-0.05, 0) is 31.9 Å². The molecular weight excluding hydrogens is 567 g/mol. The van der Waals surface area contributed by atoms with E-state index in [1.54, 1.807) is 18.2 Å². The van der Waals surface area contributed by atoms with E-state index in [0.717, 1.165) is 24.5 Å². The lowest BCUT2D eigenvalue weighted by atomic mass is 9.97. The number of hydrogen-bond acceptors (Lipinski definition) is 12. The molecule has 0 radical (unpaired) electrons. The van der Waals surface area contributed by atoms with Crippen LogP contribution < -0.4 is 20.7 Å². The largest absolute Gasteiger partial charge is 0.468 e. The second-order valence-electron chi connectivity index (χ2n) is 9.78. The van der Waals surface area contributed by atoms with Gasteiger partial charge in [0.15, 0.2) is 23.2 Å². The number of aromatic nitrogens is 4. The predicted molar refractivity (Wildman–Crippen MR) is 141 cm³/mol. The minimum absolute atomic E-state index is 0.0570. The number of imidazole rings is 1. The van der Waals surface area contributed by atoms with Gasteiger partial charge >= 0.3 is 13.7 Å². The minimum atomic E-state index is -4.36. The van der Waals surface area contributed by atoms with Crippen LogP contribution in [0.1, 0.15) is 26.0 Å². The van der Waals surface area contributed by atoms with Crippen molar-refractivity contribution >= 4 is 36.6 Å². The summed E-state index contributed by atoms with van der Waals surface area (Å²) in [5.41, 5.74) is 3.21. The van der Waals surface area contributed by atoms with Crippen LogP contribution in [0.15, 0.2) is 36.7 Å². The Bertz CT molecular complexity index is 1450. The topological polar surface area (TPSA) is 185 Å². The number of ether oxygens (including phenoxy) is 2. The fourth-order valence-corrected chi connectivity index (χ4v) is 5.86. The van der Waals surface area contributed by atoms with E-state index < -0.39 is 57.1 Å². The van der Waals surface area contributed by atoms with Crippen LogP contribution >= 0.6 is 7.75 Å². The van der Waals surface area contributed by atoms with Crippen LogP contribution in [-0.2, 0) is 23.4 Å². The summed E-state index contributed by atoms with van der Waals surface area (Å²) in [5, 5.41) is 16.4. The van der Waals surface area contributed by atoms with Gasteiger partial charge in [-0.25, -0.2) is 18.3 Å².